The van der Waals surface area contributed by atoms with E-state index in [-0.39, 0.29) is 11.9 Å². The van der Waals surface area contributed by atoms with Crippen LogP contribution in [-0.4, -0.2) is 13.1 Å². The molecule has 0 aliphatic heterocycles. The molecule has 16 heavy (non-hydrogen) atoms. The summed E-state index contributed by atoms with van der Waals surface area (Å²) in [6.45, 7) is 4.95. The first-order valence-corrected chi connectivity index (χ1v) is 5.97. The number of benzene rings is 1. The molecule has 88 valence electrons. The molecule has 0 saturated carbocycles. The van der Waals surface area contributed by atoms with E-state index in [1.54, 1.807) is 12.1 Å². The molecular formula is C12H16BrFN2. The first-order valence-electron chi connectivity index (χ1n) is 5.18. The predicted molar refractivity (Wildman–Crippen MR) is 68.7 cm³/mol. The zero-order valence-corrected chi connectivity index (χ0v) is 10.6. The van der Waals surface area contributed by atoms with Crippen molar-refractivity contribution in [1.29, 1.82) is 0 Å². The van der Waals surface area contributed by atoms with Gasteiger partial charge >= 0.3 is 0 Å². The average Bonchev–Trinajstić information content (AvgIpc) is 2.29. The van der Waals surface area contributed by atoms with E-state index in [0.29, 0.717) is 11.0 Å². The first kappa shape index (κ1) is 13.4. The summed E-state index contributed by atoms with van der Waals surface area (Å²) in [5.41, 5.74) is 6.66. The third kappa shape index (κ3) is 3.70. The van der Waals surface area contributed by atoms with Crippen LogP contribution in [0.5, 0.6) is 0 Å². The molecule has 0 bridgehead atoms. The third-order valence-electron chi connectivity index (χ3n) is 2.32. The summed E-state index contributed by atoms with van der Waals surface area (Å²) in [5, 5.41) is 3.29. The van der Waals surface area contributed by atoms with Crippen LogP contribution < -0.4 is 11.1 Å². The molecule has 1 unspecified atom stereocenters. The van der Waals surface area contributed by atoms with Gasteiger partial charge in [0.05, 0.1) is 4.47 Å². The molecule has 0 aliphatic carbocycles. The minimum absolute atomic E-state index is 0.0526. The zero-order chi connectivity index (χ0) is 12.0. The molecule has 0 heterocycles. The maximum atomic E-state index is 13.1. The highest BCUT2D eigenvalue weighted by Crippen LogP contribution is 2.20. The Labute approximate surface area is 104 Å². The molecule has 4 heteroatoms. The van der Waals surface area contributed by atoms with Crippen molar-refractivity contribution in [3.05, 3.63) is 46.7 Å². The molecule has 2 nitrogen and oxygen atoms in total. The lowest BCUT2D eigenvalue weighted by Crippen LogP contribution is -2.28. The second-order valence-electron chi connectivity index (χ2n) is 3.49. The standard InChI is InChI=1S/C12H16BrFN2/c1-2-3-6-16-12(8-15)9-4-5-11(14)10(13)7-9/h2,4-5,7,12,16H,1,3,6,8,15H2. The Morgan fingerprint density at radius 2 is 2.31 bits per heavy atom. The summed E-state index contributed by atoms with van der Waals surface area (Å²) in [5.74, 6) is -0.259. The Morgan fingerprint density at radius 3 is 2.88 bits per heavy atom. The number of hydrogen-bond acceptors (Lipinski definition) is 2. The zero-order valence-electron chi connectivity index (χ0n) is 9.05. The van der Waals surface area contributed by atoms with Crippen molar-refractivity contribution in [3.8, 4) is 0 Å². The van der Waals surface area contributed by atoms with Gasteiger partial charge in [0.1, 0.15) is 5.82 Å². The van der Waals surface area contributed by atoms with Crippen LogP contribution >= 0.6 is 15.9 Å². The molecule has 3 N–H and O–H groups in total. The number of rotatable bonds is 6. The van der Waals surface area contributed by atoms with Gasteiger partial charge in [-0.1, -0.05) is 12.1 Å². The van der Waals surface area contributed by atoms with Crippen molar-refractivity contribution in [3.63, 3.8) is 0 Å². The van der Waals surface area contributed by atoms with Gasteiger partial charge in [0.15, 0.2) is 0 Å². The Morgan fingerprint density at radius 1 is 1.56 bits per heavy atom. The van der Waals surface area contributed by atoms with Gasteiger partial charge in [0.25, 0.3) is 0 Å². The van der Waals surface area contributed by atoms with E-state index in [2.05, 4.69) is 27.8 Å². The summed E-state index contributed by atoms with van der Waals surface area (Å²) in [4.78, 5) is 0. The monoisotopic (exact) mass is 286 g/mol. The van der Waals surface area contributed by atoms with Crippen LogP contribution in [0, 0.1) is 5.82 Å². The van der Waals surface area contributed by atoms with Crippen LogP contribution in [0.4, 0.5) is 4.39 Å². The lowest BCUT2D eigenvalue weighted by atomic mass is 10.1. The molecule has 1 rings (SSSR count). The van der Waals surface area contributed by atoms with Crippen molar-refractivity contribution in [2.45, 2.75) is 12.5 Å². The molecule has 0 radical (unpaired) electrons. The smallest absolute Gasteiger partial charge is 0.137 e. The normalized spacial score (nSPS) is 12.4. The lowest BCUT2D eigenvalue weighted by molar-refractivity contribution is 0.545. The predicted octanol–water partition coefficient (Wildman–Crippen LogP) is 2.75. The van der Waals surface area contributed by atoms with Gasteiger partial charge in [-0.15, -0.1) is 6.58 Å². The maximum Gasteiger partial charge on any atom is 0.137 e. The highest BCUT2D eigenvalue weighted by molar-refractivity contribution is 9.10. The largest absolute Gasteiger partial charge is 0.329 e. The summed E-state index contributed by atoms with van der Waals surface area (Å²) in [6, 6.07) is 5.00. The second-order valence-corrected chi connectivity index (χ2v) is 4.35. The Hall–Kier alpha value is -0.710. The summed E-state index contributed by atoms with van der Waals surface area (Å²) in [7, 11) is 0. The minimum Gasteiger partial charge on any atom is -0.329 e. The van der Waals surface area contributed by atoms with Crippen LogP contribution in [0.25, 0.3) is 0 Å². The van der Waals surface area contributed by atoms with Crippen LogP contribution in [0.2, 0.25) is 0 Å². The highest BCUT2D eigenvalue weighted by atomic mass is 79.9. The summed E-state index contributed by atoms with van der Waals surface area (Å²) in [6.07, 6.45) is 2.74. The van der Waals surface area contributed by atoms with Gasteiger partial charge < -0.3 is 11.1 Å². The van der Waals surface area contributed by atoms with Gasteiger partial charge in [-0.2, -0.15) is 0 Å². The van der Waals surface area contributed by atoms with Crippen molar-refractivity contribution >= 4 is 15.9 Å². The van der Waals surface area contributed by atoms with E-state index in [1.165, 1.54) is 6.07 Å². The maximum absolute atomic E-state index is 13.1. The van der Waals surface area contributed by atoms with Gasteiger partial charge in [-0.05, 0) is 46.6 Å². The molecule has 0 spiro atoms. The van der Waals surface area contributed by atoms with Crippen LogP contribution in [0.1, 0.15) is 18.0 Å². The summed E-state index contributed by atoms with van der Waals surface area (Å²) >= 11 is 3.17. The van der Waals surface area contributed by atoms with Crippen LogP contribution in [-0.2, 0) is 0 Å². The van der Waals surface area contributed by atoms with E-state index in [1.807, 2.05) is 6.08 Å². The van der Waals surface area contributed by atoms with Gasteiger partial charge in [-0.25, -0.2) is 4.39 Å². The van der Waals surface area contributed by atoms with E-state index in [9.17, 15) is 4.39 Å². The quantitative estimate of drug-likeness (QED) is 0.623. The van der Waals surface area contributed by atoms with Crippen molar-refractivity contribution < 1.29 is 4.39 Å². The minimum atomic E-state index is -0.259. The fourth-order valence-corrected chi connectivity index (χ4v) is 1.82. The van der Waals surface area contributed by atoms with Gasteiger partial charge in [0.2, 0.25) is 0 Å². The Balaban J connectivity index is 2.70. The van der Waals surface area contributed by atoms with E-state index in [0.717, 1.165) is 18.5 Å². The highest BCUT2D eigenvalue weighted by Gasteiger charge is 2.10. The molecule has 0 saturated heterocycles. The van der Waals surface area contributed by atoms with Crippen molar-refractivity contribution in [2.24, 2.45) is 5.73 Å². The van der Waals surface area contributed by atoms with E-state index >= 15 is 0 Å². The SMILES string of the molecule is C=CCCNC(CN)c1ccc(F)c(Br)c1. The second kappa shape index (κ2) is 6.78. The van der Waals surface area contributed by atoms with Crippen molar-refractivity contribution in [2.75, 3.05) is 13.1 Å². The first-order chi connectivity index (χ1) is 7.69. The van der Waals surface area contributed by atoms with E-state index < -0.39 is 0 Å². The molecule has 0 aliphatic rings. The number of nitrogens with two attached hydrogens (primary N) is 1. The molecule has 0 aromatic heterocycles. The Bertz CT molecular complexity index is 355. The number of nitrogens with one attached hydrogen (secondary N) is 1. The topological polar surface area (TPSA) is 38.0 Å². The third-order valence-corrected chi connectivity index (χ3v) is 2.93. The lowest BCUT2D eigenvalue weighted by Gasteiger charge is -2.17. The fourth-order valence-electron chi connectivity index (χ4n) is 1.43. The fraction of sp³-hybridized carbons (Fsp3) is 0.333. The van der Waals surface area contributed by atoms with Crippen molar-refractivity contribution in [1.82, 2.24) is 5.32 Å². The van der Waals surface area contributed by atoms with Gasteiger partial charge in [0, 0.05) is 12.6 Å². The average molecular weight is 287 g/mol. The number of halogens is 2. The van der Waals surface area contributed by atoms with Crippen LogP contribution in [0.3, 0.4) is 0 Å². The molecule has 1 aromatic carbocycles. The molecule has 0 fully saturated rings. The Kier molecular flexibility index (Phi) is 5.66. The van der Waals surface area contributed by atoms with E-state index in [4.69, 9.17) is 5.73 Å². The van der Waals surface area contributed by atoms with Crippen LogP contribution in [0.15, 0.2) is 35.3 Å². The number of hydrogen-bond donors (Lipinski definition) is 2. The summed E-state index contributed by atoms with van der Waals surface area (Å²) < 4.78 is 13.5. The van der Waals surface area contributed by atoms with Gasteiger partial charge in [-0.3, -0.25) is 0 Å². The molecule has 0 amide bonds. The molecule has 1 aromatic rings. The molecule has 1 atom stereocenters. The molecular weight excluding hydrogens is 271 g/mol.